The second kappa shape index (κ2) is 4.60. The molecule has 2 heteroatoms. The summed E-state index contributed by atoms with van der Waals surface area (Å²) in [5.41, 5.74) is 4.26. The van der Waals surface area contributed by atoms with E-state index in [0.29, 0.717) is 6.04 Å². The number of ether oxygens (including phenoxy) is 1. The van der Waals surface area contributed by atoms with E-state index in [1.807, 2.05) is 0 Å². The van der Waals surface area contributed by atoms with Crippen LogP contribution in [0.5, 0.6) is 0 Å². The van der Waals surface area contributed by atoms with Crippen molar-refractivity contribution < 1.29 is 4.74 Å². The summed E-state index contributed by atoms with van der Waals surface area (Å²) in [6.07, 6.45) is 5.86. The number of hydrogen-bond acceptors (Lipinski definition) is 2. The van der Waals surface area contributed by atoms with E-state index in [1.165, 1.54) is 42.4 Å². The molecule has 4 unspecified atom stereocenters. The van der Waals surface area contributed by atoms with Crippen molar-refractivity contribution >= 4 is 0 Å². The second-order valence-corrected chi connectivity index (χ2v) is 6.63. The van der Waals surface area contributed by atoms with E-state index >= 15 is 0 Å². The van der Waals surface area contributed by atoms with Crippen molar-refractivity contribution in [3.05, 3.63) is 34.9 Å². The van der Waals surface area contributed by atoms with Gasteiger partial charge in [0, 0.05) is 6.04 Å². The van der Waals surface area contributed by atoms with Crippen LogP contribution in [-0.4, -0.2) is 7.05 Å². The molecule has 1 aromatic rings. The van der Waals surface area contributed by atoms with Crippen molar-refractivity contribution in [2.75, 3.05) is 7.05 Å². The lowest BCUT2D eigenvalue weighted by molar-refractivity contribution is 0.134. The van der Waals surface area contributed by atoms with Gasteiger partial charge in [0.15, 0.2) is 0 Å². The van der Waals surface area contributed by atoms with Crippen molar-refractivity contribution in [1.29, 1.82) is 0 Å². The average molecular weight is 257 g/mol. The maximum Gasteiger partial charge on any atom is 0.0725 e. The van der Waals surface area contributed by atoms with Gasteiger partial charge in [-0.3, -0.25) is 0 Å². The zero-order chi connectivity index (χ0) is 12.8. The molecular weight excluding hydrogens is 234 g/mol. The Labute approximate surface area is 115 Å². The maximum atomic E-state index is 5.54. The van der Waals surface area contributed by atoms with Gasteiger partial charge in [0.25, 0.3) is 0 Å². The van der Waals surface area contributed by atoms with Gasteiger partial charge in [-0.05, 0) is 60.8 Å². The van der Waals surface area contributed by atoms with Gasteiger partial charge in [-0.2, -0.15) is 0 Å². The van der Waals surface area contributed by atoms with Crippen molar-refractivity contribution in [1.82, 2.24) is 5.32 Å². The minimum absolute atomic E-state index is 0.543. The Morgan fingerprint density at radius 1 is 1.16 bits per heavy atom. The fraction of sp³-hybridized carbons (Fsp3) is 0.647. The molecule has 0 aromatic heterocycles. The molecule has 19 heavy (non-hydrogen) atoms. The highest BCUT2D eigenvalue weighted by atomic mass is 16.5. The smallest absolute Gasteiger partial charge is 0.0725 e. The first-order valence-corrected chi connectivity index (χ1v) is 7.72. The first-order valence-electron chi connectivity index (χ1n) is 7.72. The van der Waals surface area contributed by atoms with Crippen molar-refractivity contribution in [3.8, 4) is 0 Å². The van der Waals surface area contributed by atoms with E-state index in [1.54, 1.807) is 0 Å². The summed E-state index contributed by atoms with van der Waals surface area (Å²) >= 11 is 0. The van der Waals surface area contributed by atoms with Gasteiger partial charge in [-0.25, -0.2) is 0 Å². The lowest BCUT2D eigenvalue weighted by atomic mass is 9.80. The third kappa shape index (κ3) is 1.93. The summed E-state index contributed by atoms with van der Waals surface area (Å²) in [5, 5.41) is 3.60. The largest absolute Gasteiger partial charge is 0.372 e. The van der Waals surface area contributed by atoms with E-state index in [-0.39, 0.29) is 0 Å². The van der Waals surface area contributed by atoms with Crippen molar-refractivity contribution in [2.45, 2.75) is 44.9 Å². The molecule has 102 valence electrons. The van der Waals surface area contributed by atoms with E-state index in [9.17, 15) is 0 Å². The highest BCUT2D eigenvalue weighted by Crippen LogP contribution is 2.52. The molecule has 1 aliphatic heterocycles. The van der Waals surface area contributed by atoms with E-state index in [4.69, 9.17) is 4.74 Å². The molecule has 1 N–H and O–H groups in total. The van der Waals surface area contributed by atoms with Gasteiger partial charge in [0.1, 0.15) is 0 Å². The van der Waals surface area contributed by atoms with Gasteiger partial charge in [-0.15, -0.1) is 0 Å². The number of rotatable bonds is 3. The topological polar surface area (TPSA) is 21.3 Å². The summed E-state index contributed by atoms with van der Waals surface area (Å²) in [6.45, 7) is 1.60. The molecule has 4 atom stereocenters. The summed E-state index contributed by atoms with van der Waals surface area (Å²) in [7, 11) is 2.13. The van der Waals surface area contributed by atoms with Crippen LogP contribution in [0, 0.1) is 17.8 Å². The molecule has 1 aromatic carbocycles. The van der Waals surface area contributed by atoms with Gasteiger partial charge in [-0.1, -0.05) is 24.6 Å². The number of hydrogen-bond donors (Lipinski definition) is 1. The Kier molecular flexibility index (Phi) is 2.89. The molecule has 2 fully saturated rings. The third-order valence-corrected chi connectivity index (χ3v) is 5.64. The van der Waals surface area contributed by atoms with E-state index in [2.05, 4.69) is 30.6 Å². The minimum atomic E-state index is 0.543. The average Bonchev–Trinajstić information content (AvgIpc) is 3.15. The molecule has 2 aliphatic carbocycles. The zero-order valence-electron chi connectivity index (χ0n) is 11.7. The van der Waals surface area contributed by atoms with E-state index < -0.39 is 0 Å². The van der Waals surface area contributed by atoms with Gasteiger partial charge >= 0.3 is 0 Å². The first-order chi connectivity index (χ1) is 9.35. The Morgan fingerprint density at radius 2 is 2.05 bits per heavy atom. The normalized spacial score (nSPS) is 33.6. The molecule has 2 nitrogen and oxygen atoms in total. The van der Waals surface area contributed by atoms with Gasteiger partial charge < -0.3 is 10.1 Å². The first kappa shape index (κ1) is 11.9. The Bertz CT molecular complexity index is 484. The van der Waals surface area contributed by atoms with Crippen LogP contribution in [0.2, 0.25) is 0 Å². The Morgan fingerprint density at radius 3 is 2.79 bits per heavy atom. The number of nitrogens with one attached hydrogen (secondary N) is 1. The molecule has 0 radical (unpaired) electrons. The third-order valence-electron chi connectivity index (χ3n) is 5.64. The summed E-state index contributed by atoms with van der Waals surface area (Å²) < 4.78 is 5.54. The van der Waals surface area contributed by atoms with Crippen LogP contribution >= 0.6 is 0 Å². The Hall–Kier alpha value is -0.860. The predicted octanol–water partition coefficient (Wildman–Crippen LogP) is 3.41. The molecule has 2 bridgehead atoms. The monoisotopic (exact) mass is 257 g/mol. The summed E-state index contributed by atoms with van der Waals surface area (Å²) in [4.78, 5) is 0. The highest BCUT2D eigenvalue weighted by Gasteiger charge is 2.43. The quantitative estimate of drug-likeness (QED) is 0.896. The van der Waals surface area contributed by atoms with Crippen LogP contribution in [0.25, 0.3) is 0 Å². The summed E-state index contributed by atoms with van der Waals surface area (Å²) in [6, 6.07) is 7.52. The molecule has 2 saturated carbocycles. The fourth-order valence-corrected chi connectivity index (χ4v) is 4.72. The molecular formula is C17H23NO. The predicted molar refractivity (Wildman–Crippen MR) is 75.7 cm³/mol. The number of fused-ring (bicyclic) bond motifs is 3. The van der Waals surface area contributed by atoms with Crippen LogP contribution < -0.4 is 5.32 Å². The highest BCUT2D eigenvalue weighted by molar-refractivity contribution is 5.35. The lowest BCUT2D eigenvalue weighted by Gasteiger charge is -2.31. The maximum absolute atomic E-state index is 5.54. The van der Waals surface area contributed by atoms with Gasteiger partial charge in [0.05, 0.1) is 13.2 Å². The van der Waals surface area contributed by atoms with Crippen molar-refractivity contribution in [2.24, 2.45) is 17.8 Å². The number of benzene rings is 1. The molecule has 0 saturated heterocycles. The molecule has 3 aliphatic rings. The lowest BCUT2D eigenvalue weighted by Crippen LogP contribution is -2.29. The van der Waals surface area contributed by atoms with Crippen LogP contribution in [-0.2, 0) is 18.0 Å². The van der Waals surface area contributed by atoms with Gasteiger partial charge in [0.2, 0.25) is 0 Å². The summed E-state index contributed by atoms with van der Waals surface area (Å²) in [5.74, 6) is 2.83. The second-order valence-electron chi connectivity index (χ2n) is 6.63. The zero-order valence-corrected chi connectivity index (χ0v) is 11.7. The fourth-order valence-electron chi connectivity index (χ4n) is 4.72. The van der Waals surface area contributed by atoms with Crippen molar-refractivity contribution in [3.63, 3.8) is 0 Å². The molecule has 0 spiro atoms. The molecule has 4 rings (SSSR count). The van der Waals surface area contributed by atoms with Crippen LogP contribution in [0.4, 0.5) is 0 Å². The Balaban J connectivity index is 1.62. The van der Waals surface area contributed by atoms with E-state index in [0.717, 1.165) is 31.0 Å². The standard InChI is InChI=1S/C17H23NO/c1-18-17(16-7-11-2-3-12(16)6-11)13-4-5-14-9-19-10-15(14)8-13/h4-5,8,11-12,16-18H,2-3,6-7,9-10H2,1H3. The SMILES string of the molecule is CNC(c1ccc2c(c1)COC2)C1CC2CCC1C2. The van der Waals surface area contributed by atoms with Crippen LogP contribution in [0.15, 0.2) is 18.2 Å². The minimum Gasteiger partial charge on any atom is -0.372 e. The van der Waals surface area contributed by atoms with Crippen LogP contribution in [0.1, 0.15) is 48.4 Å². The molecule has 1 heterocycles. The molecule has 0 amide bonds. The van der Waals surface area contributed by atoms with Crippen LogP contribution in [0.3, 0.4) is 0 Å².